The topological polar surface area (TPSA) is 74.6 Å². The molecule has 104 valence electrons. The van der Waals surface area contributed by atoms with Crippen molar-refractivity contribution in [3.8, 4) is 0 Å². The van der Waals surface area contributed by atoms with Crippen LogP contribution in [-0.4, -0.2) is 27.8 Å². The van der Waals surface area contributed by atoms with Gasteiger partial charge in [-0.2, -0.15) is 0 Å². The second-order valence-corrected chi connectivity index (χ2v) is 8.26. The van der Waals surface area contributed by atoms with Crippen LogP contribution in [0.25, 0.3) is 0 Å². The molecule has 4 nitrogen and oxygen atoms in total. The van der Waals surface area contributed by atoms with Crippen molar-refractivity contribution in [3.63, 3.8) is 0 Å². The molecular weight excluding hydrogens is 251 g/mol. The fourth-order valence-electron chi connectivity index (χ4n) is 2.20. The summed E-state index contributed by atoms with van der Waals surface area (Å²) in [5.74, 6) is -0.799. The standard InChI is InChI=1S/C13H23O4P/c1-10(2)18(16,17)9-12(13(14)15)8-11-6-4-3-5-7-11/h8,10-11H,3-7,9H2,1-2H3,(H,14,15)(H,16,17)/b12-8-. The molecule has 0 aromatic rings. The highest BCUT2D eigenvalue weighted by Gasteiger charge is 2.28. The molecular formula is C13H23O4P. The fourth-order valence-corrected chi connectivity index (χ4v) is 3.30. The molecule has 0 bridgehead atoms. The molecule has 1 atom stereocenters. The molecule has 2 N–H and O–H groups in total. The summed E-state index contributed by atoms with van der Waals surface area (Å²) in [6.07, 6.45) is 6.94. The SMILES string of the molecule is CC(C)P(=O)(O)C/C(=C/C1CCCCC1)C(=O)O. The van der Waals surface area contributed by atoms with E-state index in [1.54, 1.807) is 19.9 Å². The fraction of sp³-hybridized carbons (Fsp3) is 0.769. The number of rotatable bonds is 5. The highest BCUT2D eigenvalue weighted by Crippen LogP contribution is 2.47. The van der Waals surface area contributed by atoms with Crippen LogP contribution in [0.1, 0.15) is 46.0 Å². The molecule has 0 spiro atoms. The Bertz CT molecular complexity index is 367. The molecule has 1 aliphatic rings. The summed E-state index contributed by atoms with van der Waals surface area (Å²) in [5.41, 5.74) is -0.284. The van der Waals surface area contributed by atoms with Gasteiger partial charge in [-0.05, 0) is 18.8 Å². The first kappa shape index (κ1) is 15.5. The molecule has 5 heteroatoms. The maximum Gasteiger partial charge on any atom is 0.331 e. The third-order valence-corrected chi connectivity index (χ3v) is 5.97. The Labute approximate surface area is 109 Å². The predicted octanol–water partition coefficient (Wildman–Crippen LogP) is 3.26. The van der Waals surface area contributed by atoms with Gasteiger partial charge in [-0.3, -0.25) is 4.57 Å². The van der Waals surface area contributed by atoms with E-state index >= 15 is 0 Å². The smallest absolute Gasteiger partial charge is 0.331 e. The van der Waals surface area contributed by atoms with Crippen molar-refractivity contribution in [2.75, 3.05) is 6.16 Å². The van der Waals surface area contributed by atoms with Crippen LogP contribution < -0.4 is 0 Å². The number of carbonyl (C=O) groups is 1. The summed E-state index contributed by atoms with van der Waals surface area (Å²) >= 11 is 0. The van der Waals surface area contributed by atoms with Gasteiger partial charge < -0.3 is 10.00 Å². The Morgan fingerprint density at radius 3 is 2.33 bits per heavy atom. The quantitative estimate of drug-likeness (QED) is 0.596. The number of hydrogen-bond acceptors (Lipinski definition) is 2. The van der Waals surface area contributed by atoms with Crippen LogP contribution in [0.4, 0.5) is 0 Å². The van der Waals surface area contributed by atoms with Crippen molar-refractivity contribution < 1.29 is 19.4 Å². The van der Waals surface area contributed by atoms with Gasteiger partial charge in [0, 0.05) is 11.2 Å². The normalized spacial score (nSPS) is 21.9. The number of carboxylic acid groups (broad SMARTS) is 1. The molecule has 0 aromatic heterocycles. The Morgan fingerprint density at radius 2 is 1.89 bits per heavy atom. The van der Waals surface area contributed by atoms with Crippen molar-refractivity contribution in [1.29, 1.82) is 0 Å². The molecule has 1 aliphatic carbocycles. The van der Waals surface area contributed by atoms with Crippen LogP contribution in [0, 0.1) is 5.92 Å². The lowest BCUT2D eigenvalue weighted by Crippen LogP contribution is -2.13. The highest BCUT2D eigenvalue weighted by molar-refractivity contribution is 7.59. The molecule has 1 unspecified atom stereocenters. The zero-order chi connectivity index (χ0) is 13.8. The maximum atomic E-state index is 11.9. The van der Waals surface area contributed by atoms with Crippen LogP contribution in [0.15, 0.2) is 11.6 Å². The van der Waals surface area contributed by atoms with E-state index in [0.29, 0.717) is 0 Å². The maximum absolute atomic E-state index is 11.9. The van der Waals surface area contributed by atoms with E-state index in [1.807, 2.05) is 0 Å². The number of allylic oxidation sites excluding steroid dienone is 1. The first-order valence-corrected chi connectivity index (χ1v) is 8.50. The van der Waals surface area contributed by atoms with Gasteiger partial charge in [-0.1, -0.05) is 39.2 Å². The van der Waals surface area contributed by atoms with E-state index in [0.717, 1.165) is 25.7 Å². The highest BCUT2D eigenvalue weighted by atomic mass is 31.2. The van der Waals surface area contributed by atoms with Gasteiger partial charge in [0.1, 0.15) is 0 Å². The van der Waals surface area contributed by atoms with Gasteiger partial charge in [0.05, 0.1) is 6.16 Å². The van der Waals surface area contributed by atoms with E-state index in [4.69, 9.17) is 5.11 Å². The minimum Gasteiger partial charge on any atom is -0.478 e. The number of aliphatic carboxylic acids is 1. The van der Waals surface area contributed by atoms with E-state index < -0.39 is 19.0 Å². The predicted molar refractivity (Wildman–Crippen MR) is 72.1 cm³/mol. The van der Waals surface area contributed by atoms with Crippen LogP contribution in [0.2, 0.25) is 0 Å². The molecule has 0 radical (unpaired) electrons. The summed E-state index contributed by atoms with van der Waals surface area (Å²) in [4.78, 5) is 21.0. The average Bonchev–Trinajstić information content (AvgIpc) is 2.29. The van der Waals surface area contributed by atoms with Crippen LogP contribution >= 0.6 is 7.37 Å². The molecule has 1 saturated carbocycles. The Morgan fingerprint density at radius 1 is 1.33 bits per heavy atom. The minimum atomic E-state index is -3.39. The molecule has 0 amide bonds. The van der Waals surface area contributed by atoms with Crippen LogP contribution in [0.5, 0.6) is 0 Å². The molecule has 18 heavy (non-hydrogen) atoms. The zero-order valence-electron chi connectivity index (χ0n) is 11.1. The zero-order valence-corrected chi connectivity index (χ0v) is 12.0. The summed E-state index contributed by atoms with van der Waals surface area (Å²) < 4.78 is 11.9. The monoisotopic (exact) mass is 274 g/mol. The largest absolute Gasteiger partial charge is 0.478 e. The number of hydrogen-bond donors (Lipinski definition) is 2. The molecule has 1 rings (SSSR count). The van der Waals surface area contributed by atoms with E-state index in [2.05, 4.69) is 0 Å². The molecule has 0 heterocycles. The Kier molecular flexibility index (Phi) is 5.61. The first-order valence-electron chi connectivity index (χ1n) is 6.58. The van der Waals surface area contributed by atoms with E-state index in [-0.39, 0.29) is 17.7 Å². The van der Waals surface area contributed by atoms with E-state index in [1.165, 1.54) is 6.42 Å². The van der Waals surface area contributed by atoms with Crippen molar-refractivity contribution in [3.05, 3.63) is 11.6 Å². The van der Waals surface area contributed by atoms with Crippen molar-refractivity contribution in [2.24, 2.45) is 5.92 Å². The second kappa shape index (κ2) is 6.53. The van der Waals surface area contributed by atoms with Crippen LogP contribution in [-0.2, 0) is 9.36 Å². The van der Waals surface area contributed by atoms with Crippen molar-refractivity contribution >= 4 is 13.3 Å². The third-order valence-electron chi connectivity index (χ3n) is 3.57. The van der Waals surface area contributed by atoms with Gasteiger partial charge in [0.15, 0.2) is 0 Å². The Hall–Kier alpha value is -0.600. The van der Waals surface area contributed by atoms with Gasteiger partial charge in [-0.15, -0.1) is 0 Å². The summed E-state index contributed by atoms with van der Waals surface area (Å²) in [6, 6.07) is 0. The summed E-state index contributed by atoms with van der Waals surface area (Å²) in [6.45, 7) is 3.31. The molecule has 0 aliphatic heterocycles. The van der Waals surface area contributed by atoms with E-state index in [9.17, 15) is 14.3 Å². The molecule has 0 saturated heterocycles. The van der Waals surface area contributed by atoms with Crippen molar-refractivity contribution in [2.45, 2.75) is 51.6 Å². The summed E-state index contributed by atoms with van der Waals surface area (Å²) in [7, 11) is -3.39. The third kappa shape index (κ3) is 4.58. The average molecular weight is 274 g/mol. The number of carboxylic acids is 1. The first-order chi connectivity index (χ1) is 8.33. The van der Waals surface area contributed by atoms with Gasteiger partial charge in [0.2, 0.25) is 7.37 Å². The molecule has 1 fully saturated rings. The lowest BCUT2D eigenvalue weighted by atomic mass is 9.88. The van der Waals surface area contributed by atoms with Gasteiger partial charge in [0.25, 0.3) is 0 Å². The lowest BCUT2D eigenvalue weighted by molar-refractivity contribution is -0.132. The van der Waals surface area contributed by atoms with Gasteiger partial charge >= 0.3 is 5.97 Å². The molecule has 0 aromatic carbocycles. The Balaban J connectivity index is 2.79. The van der Waals surface area contributed by atoms with Crippen molar-refractivity contribution in [1.82, 2.24) is 0 Å². The van der Waals surface area contributed by atoms with Gasteiger partial charge in [-0.25, -0.2) is 4.79 Å². The van der Waals surface area contributed by atoms with Crippen LogP contribution in [0.3, 0.4) is 0 Å². The second-order valence-electron chi connectivity index (χ2n) is 5.40. The lowest BCUT2D eigenvalue weighted by Gasteiger charge is -2.20. The minimum absolute atomic E-state index is 0.112. The summed E-state index contributed by atoms with van der Waals surface area (Å²) in [5, 5.41) is 9.15.